The summed E-state index contributed by atoms with van der Waals surface area (Å²) in [5.74, 6) is 0.760. The van der Waals surface area contributed by atoms with Crippen LogP contribution in [-0.4, -0.2) is 16.9 Å². The molecule has 3 unspecified atom stereocenters. The maximum absolute atomic E-state index is 12.4. The highest BCUT2D eigenvalue weighted by Crippen LogP contribution is 2.62. The van der Waals surface area contributed by atoms with Crippen molar-refractivity contribution in [1.29, 1.82) is 0 Å². The van der Waals surface area contributed by atoms with Crippen LogP contribution in [0.1, 0.15) is 50.5 Å². The highest BCUT2D eigenvalue weighted by atomic mass is 79.9. The van der Waals surface area contributed by atoms with E-state index in [0.717, 1.165) is 10.4 Å². The molecule has 2 N–H and O–H groups in total. The van der Waals surface area contributed by atoms with Gasteiger partial charge in [0.1, 0.15) is 5.69 Å². The van der Waals surface area contributed by atoms with Crippen molar-refractivity contribution < 1.29 is 4.79 Å². The molecule has 0 aromatic carbocycles. The van der Waals surface area contributed by atoms with Gasteiger partial charge < -0.3 is 10.3 Å². The van der Waals surface area contributed by atoms with Crippen molar-refractivity contribution in [1.82, 2.24) is 10.3 Å². The maximum atomic E-state index is 12.4. The SMILES string of the molecule is CC12CCC(C1)C(C)(C)C2NC(=O)c1cc(Br)c[nH]1. The van der Waals surface area contributed by atoms with E-state index in [4.69, 9.17) is 0 Å². The van der Waals surface area contributed by atoms with Gasteiger partial charge >= 0.3 is 0 Å². The monoisotopic (exact) mass is 324 g/mol. The predicted octanol–water partition coefficient (Wildman–Crippen LogP) is 3.72. The van der Waals surface area contributed by atoms with Crippen molar-refractivity contribution in [2.75, 3.05) is 0 Å². The van der Waals surface area contributed by atoms with E-state index in [9.17, 15) is 4.79 Å². The Kier molecular flexibility index (Phi) is 2.86. The molecule has 2 bridgehead atoms. The van der Waals surface area contributed by atoms with Crippen LogP contribution in [0.3, 0.4) is 0 Å². The third kappa shape index (κ3) is 1.95. The van der Waals surface area contributed by atoms with Crippen LogP contribution in [0.4, 0.5) is 0 Å². The summed E-state index contributed by atoms with van der Waals surface area (Å²) < 4.78 is 0.913. The highest BCUT2D eigenvalue weighted by molar-refractivity contribution is 9.10. The summed E-state index contributed by atoms with van der Waals surface area (Å²) in [5.41, 5.74) is 1.11. The van der Waals surface area contributed by atoms with Gasteiger partial charge in [-0.1, -0.05) is 20.8 Å². The molecule has 19 heavy (non-hydrogen) atoms. The number of nitrogens with one attached hydrogen (secondary N) is 2. The van der Waals surface area contributed by atoms with Crippen molar-refractivity contribution in [3.8, 4) is 0 Å². The molecule has 4 heteroatoms. The molecule has 3 nitrogen and oxygen atoms in total. The summed E-state index contributed by atoms with van der Waals surface area (Å²) in [4.78, 5) is 15.4. The molecule has 3 atom stereocenters. The molecular weight excluding hydrogens is 304 g/mol. The number of fused-ring (bicyclic) bond motifs is 2. The van der Waals surface area contributed by atoms with Crippen LogP contribution in [-0.2, 0) is 0 Å². The van der Waals surface area contributed by atoms with E-state index in [0.29, 0.717) is 5.69 Å². The zero-order chi connectivity index (χ0) is 13.8. The van der Waals surface area contributed by atoms with Crippen molar-refractivity contribution in [2.45, 2.75) is 46.1 Å². The second-order valence-electron chi connectivity index (χ2n) is 7.05. The van der Waals surface area contributed by atoms with E-state index in [1.54, 1.807) is 6.20 Å². The molecule has 2 fully saturated rings. The van der Waals surface area contributed by atoms with Crippen LogP contribution in [0.2, 0.25) is 0 Å². The maximum Gasteiger partial charge on any atom is 0.267 e. The molecule has 1 amide bonds. The van der Waals surface area contributed by atoms with Crippen LogP contribution in [0, 0.1) is 16.7 Å². The first-order chi connectivity index (χ1) is 8.83. The molecule has 0 aliphatic heterocycles. The van der Waals surface area contributed by atoms with Crippen LogP contribution in [0.15, 0.2) is 16.7 Å². The lowest BCUT2D eigenvalue weighted by molar-refractivity contribution is 0.0733. The number of hydrogen-bond acceptors (Lipinski definition) is 1. The Morgan fingerprint density at radius 3 is 2.74 bits per heavy atom. The normalized spacial score (nSPS) is 35.6. The summed E-state index contributed by atoms with van der Waals surface area (Å²) in [6.07, 6.45) is 5.59. The van der Waals surface area contributed by atoms with E-state index in [1.807, 2.05) is 6.07 Å². The number of carbonyl (C=O) groups excluding carboxylic acids is 1. The van der Waals surface area contributed by atoms with E-state index in [2.05, 4.69) is 47.0 Å². The number of rotatable bonds is 2. The van der Waals surface area contributed by atoms with Crippen molar-refractivity contribution >= 4 is 21.8 Å². The summed E-state index contributed by atoms with van der Waals surface area (Å²) >= 11 is 3.37. The number of H-pyrrole nitrogens is 1. The van der Waals surface area contributed by atoms with Crippen LogP contribution in [0.5, 0.6) is 0 Å². The first-order valence-electron chi connectivity index (χ1n) is 6.98. The average molecular weight is 325 g/mol. The molecule has 1 aromatic rings. The Bertz CT molecular complexity index is 517. The summed E-state index contributed by atoms with van der Waals surface area (Å²) in [6, 6.07) is 2.10. The van der Waals surface area contributed by atoms with Crippen LogP contribution in [0.25, 0.3) is 0 Å². The predicted molar refractivity (Wildman–Crippen MR) is 79.0 cm³/mol. The molecule has 1 heterocycles. The van der Waals surface area contributed by atoms with Crippen molar-refractivity contribution in [2.24, 2.45) is 16.7 Å². The average Bonchev–Trinajstić information content (AvgIpc) is 2.96. The second kappa shape index (κ2) is 4.11. The lowest BCUT2D eigenvalue weighted by Gasteiger charge is -2.43. The first-order valence-corrected chi connectivity index (χ1v) is 7.77. The van der Waals surface area contributed by atoms with Gasteiger partial charge in [0.25, 0.3) is 5.91 Å². The van der Waals surface area contributed by atoms with E-state index >= 15 is 0 Å². The van der Waals surface area contributed by atoms with E-state index < -0.39 is 0 Å². The van der Waals surface area contributed by atoms with E-state index in [1.165, 1.54) is 19.3 Å². The third-order valence-electron chi connectivity index (χ3n) is 5.44. The van der Waals surface area contributed by atoms with Gasteiger partial charge in [-0.3, -0.25) is 4.79 Å². The molecule has 1 aromatic heterocycles. The van der Waals surface area contributed by atoms with Crippen molar-refractivity contribution in [3.05, 3.63) is 22.4 Å². The van der Waals surface area contributed by atoms with Gasteiger partial charge in [-0.15, -0.1) is 0 Å². The topological polar surface area (TPSA) is 44.9 Å². The lowest BCUT2D eigenvalue weighted by atomic mass is 9.68. The molecule has 0 saturated heterocycles. The number of hydrogen-bond donors (Lipinski definition) is 2. The summed E-state index contributed by atoms with van der Waals surface area (Å²) in [6.45, 7) is 6.94. The van der Waals surface area contributed by atoms with Crippen molar-refractivity contribution in [3.63, 3.8) is 0 Å². The van der Waals surface area contributed by atoms with Gasteiger partial charge in [0.2, 0.25) is 0 Å². The Morgan fingerprint density at radius 2 is 2.21 bits per heavy atom. The molecular formula is C15H21BrN2O. The van der Waals surface area contributed by atoms with Gasteiger partial charge in [0, 0.05) is 16.7 Å². The zero-order valence-electron chi connectivity index (χ0n) is 11.7. The number of amides is 1. The Morgan fingerprint density at radius 1 is 1.47 bits per heavy atom. The minimum absolute atomic E-state index is 0.0116. The summed E-state index contributed by atoms with van der Waals surface area (Å²) in [7, 11) is 0. The second-order valence-corrected chi connectivity index (χ2v) is 7.97. The van der Waals surface area contributed by atoms with Gasteiger partial charge in [0.05, 0.1) is 0 Å². The number of aromatic amines is 1. The molecule has 104 valence electrons. The molecule has 2 saturated carbocycles. The lowest BCUT2D eigenvalue weighted by Crippen LogP contribution is -2.52. The number of halogens is 1. The fourth-order valence-corrected chi connectivity index (χ4v) is 4.71. The smallest absolute Gasteiger partial charge is 0.267 e. The molecule has 2 aliphatic carbocycles. The van der Waals surface area contributed by atoms with Gasteiger partial charge in [0.15, 0.2) is 0 Å². The van der Waals surface area contributed by atoms with Gasteiger partial charge in [-0.05, 0) is 58.0 Å². The Labute approximate surface area is 122 Å². The van der Waals surface area contributed by atoms with E-state index in [-0.39, 0.29) is 22.8 Å². The molecule has 0 spiro atoms. The van der Waals surface area contributed by atoms with Crippen LogP contribution >= 0.6 is 15.9 Å². The molecule has 0 radical (unpaired) electrons. The quantitative estimate of drug-likeness (QED) is 0.855. The molecule has 3 rings (SSSR count). The summed E-state index contributed by atoms with van der Waals surface area (Å²) in [5, 5.41) is 3.28. The fraction of sp³-hybridized carbons (Fsp3) is 0.667. The van der Waals surface area contributed by atoms with Gasteiger partial charge in [-0.2, -0.15) is 0 Å². The molecule has 2 aliphatic rings. The third-order valence-corrected chi connectivity index (χ3v) is 5.90. The standard InChI is InChI=1S/C15H21BrN2O/c1-14(2)9-4-5-15(3,7-9)13(14)18-12(19)11-6-10(16)8-17-11/h6,8-9,13,17H,4-5,7H2,1-3H3,(H,18,19). The Hall–Kier alpha value is -0.770. The van der Waals surface area contributed by atoms with Gasteiger partial charge in [-0.25, -0.2) is 0 Å². The minimum atomic E-state index is 0.0116. The zero-order valence-corrected chi connectivity index (χ0v) is 13.3. The first kappa shape index (κ1) is 13.2. The number of carbonyl (C=O) groups is 1. The largest absolute Gasteiger partial charge is 0.356 e. The highest BCUT2D eigenvalue weighted by Gasteiger charge is 2.59. The minimum Gasteiger partial charge on any atom is -0.356 e. The Balaban J connectivity index is 1.81. The fourth-order valence-electron chi connectivity index (χ4n) is 4.37. The number of aromatic nitrogens is 1. The van der Waals surface area contributed by atoms with Crippen LogP contribution < -0.4 is 5.32 Å².